The van der Waals surface area contributed by atoms with E-state index in [1.165, 1.54) is 28.8 Å². The molecule has 2 heterocycles. The molecule has 0 radical (unpaired) electrons. The molecule has 3 aromatic rings. The summed E-state index contributed by atoms with van der Waals surface area (Å²) >= 11 is 0. The fourth-order valence-electron chi connectivity index (χ4n) is 3.91. The molecule has 1 aromatic heterocycles. The van der Waals surface area contributed by atoms with Gasteiger partial charge in [-0.05, 0) is 48.7 Å². The molecule has 0 fully saturated rings. The van der Waals surface area contributed by atoms with Crippen molar-refractivity contribution in [3.63, 3.8) is 0 Å². The minimum Gasteiger partial charge on any atom is -0.497 e. The smallest absolute Gasteiger partial charge is 0.118 e. The van der Waals surface area contributed by atoms with Gasteiger partial charge >= 0.3 is 0 Å². The number of rotatable bonds is 4. The SMILES string of the molecule is COc1ccc(CN2CCCn3cccc3[C@@H]2c2ccc(C)cc2)cc1. The Morgan fingerprint density at radius 1 is 0.962 bits per heavy atom. The molecule has 0 N–H and O–H groups in total. The third-order valence-electron chi connectivity index (χ3n) is 5.29. The highest BCUT2D eigenvalue weighted by molar-refractivity contribution is 5.33. The molecule has 1 aliphatic rings. The zero-order valence-electron chi connectivity index (χ0n) is 15.6. The first-order chi connectivity index (χ1) is 12.7. The molecule has 134 valence electrons. The minimum atomic E-state index is 0.287. The first-order valence-electron chi connectivity index (χ1n) is 9.33. The van der Waals surface area contributed by atoms with Gasteiger partial charge in [0.2, 0.25) is 0 Å². The van der Waals surface area contributed by atoms with Gasteiger partial charge in [-0.3, -0.25) is 4.90 Å². The normalized spacial score (nSPS) is 17.5. The molecule has 0 saturated carbocycles. The number of benzene rings is 2. The topological polar surface area (TPSA) is 17.4 Å². The fraction of sp³-hybridized carbons (Fsp3) is 0.304. The van der Waals surface area contributed by atoms with Gasteiger partial charge in [0.15, 0.2) is 0 Å². The first kappa shape index (κ1) is 16.9. The second-order valence-electron chi connectivity index (χ2n) is 7.11. The maximum absolute atomic E-state index is 5.30. The summed E-state index contributed by atoms with van der Waals surface area (Å²) in [6.45, 7) is 5.26. The fourth-order valence-corrected chi connectivity index (χ4v) is 3.91. The molecule has 3 nitrogen and oxygen atoms in total. The second-order valence-corrected chi connectivity index (χ2v) is 7.11. The lowest BCUT2D eigenvalue weighted by Crippen LogP contribution is -2.29. The molecule has 0 saturated heterocycles. The van der Waals surface area contributed by atoms with E-state index in [0.29, 0.717) is 0 Å². The van der Waals surface area contributed by atoms with E-state index in [2.05, 4.69) is 83.3 Å². The van der Waals surface area contributed by atoms with Gasteiger partial charge in [0.25, 0.3) is 0 Å². The molecule has 26 heavy (non-hydrogen) atoms. The Bertz CT molecular complexity index is 849. The quantitative estimate of drug-likeness (QED) is 0.675. The van der Waals surface area contributed by atoms with Crippen LogP contribution in [0.5, 0.6) is 5.75 Å². The van der Waals surface area contributed by atoms with Crippen molar-refractivity contribution in [2.75, 3.05) is 13.7 Å². The van der Waals surface area contributed by atoms with Crippen molar-refractivity contribution in [1.29, 1.82) is 0 Å². The predicted molar refractivity (Wildman–Crippen MR) is 105 cm³/mol. The van der Waals surface area contributed by atoms with Crippen LogP contribution >= 0.6 is 0 Å². The molecule has 1 atom stereocenters. The lowest BCUT2D eigenvalue weighted by Gasteiger charge is -2.31. The molecule has 2 aromatic carbocycles. The maximum atomic E-state index is 5.30. The number of fused-ring (bicyclic) bond motifs is 1. The molecule has 0 aliphatic carbocycles. The van der Waals surface area contributed by atoms with Gasteiger partial charge in [-0.15, -0.1) is 0 Å². The van der Waals surface area contributed by atoms with Crippen molar-refractivity contribution in [2.24, 2.45) is 0 Å². The molecule has 0 unspecified atom stereocenters. The lowest BCUT2D eigenvalue weighted by atomic mass is 10.00. The average molecular weight is 346 g/mol. The first-order valence-corrected chi connectivity index (χ1v) is 9.33. The van der Waals surface area contributed by atoms with Crippen molar-refractivity contribution in [3.8, 4) is 5.75 Å². The van der Waals surface area contributed by atoms with Crippen molar-refractivity contribution in [3.05, 3.63) is 89.2 Å². The Hall–Kier alpha value is -2.52. The van der Waals surface area contributed by atoms with Gasteiger partial charge in [-0.2, -0.15) is 0 Å². The van der Waals surface area contributed by atoms with Crippen LogP contribution in [0.25, 0.3) is 0 Å². The van der Waals surface area contributed by atoms with E-state index in [-0.39, 0.29) is 6.04 Å². The summed E-state index contributed by atoms with van der Waals surface area (Å²) in [5, 5.41) is 0. The van der Waals surface area contributed by atoms with E-state index >= 15 is 0 Å². The number of hydrogen-bond donors (Lipinski definition) is 0. The Kier molecular flexibility index (Phi) is 4.81. The van der Waals surface area contributed by atoms with Crippen molar-refractivity contribution < 1.29 is 4.74 Å². The molecule has 1 aliphatic heterocycles. The van der Waals surface area contributed by atoms with Crippen LogP contribution in [-0.4, -0.2) is 23.1 Å². The number of methoxy groups -OCH3 is 1. The molecule has 0 bridgehead atoms. The van der Waals surface area contributed by atoms with Crippen molar-refractivity contribution in [1.82, 2.24) is 9.47 Å². The number of aromatic nitrogens is 1. The number of nitrogens with zero attached hydrogens (tertiary/aromatic N) is 2. The average Bonchev–Trinajstić information content (AvgIpc) is 3.05. The van der Waals surface area contributed by atoms with Crippen molar-refractivity contribution >= 4 is 0 Å². The zero-order chi connectivity index (χ0) is 17.9. The Morgan fingerprint density at radius 3 is 2.46 bits per heavy atom. The van der Waals surface area contributed by atoms with Crippen LogP contribution in [0.3, 0.4) is 0 Å². The van der Waals surface area contributed by atoms with Gasteiger partial charge in [-0.25, -0.2) is 0 Å². The Morgan fingerprint density at radius 2 is 1.73 bits per heavy atom. The molecule has 3 heteroatoms. The summed E-state index contributed by atoms with van der Waals surface area (Å²) in [7, 11) is 1.71. The van der Waals surface area contributed by atoms with Gasteiger partial charge < -0.3 is 9.30 Å². The van der Waals surface area contributed by atoms with Gasteiger partial charge in [0.1, 0.15) is 5.75 Å². The van der Waals surface area contributed by atoms with Gasteiger partial charge in [0.05, 0.1) is 13.2 Å². The Balaban J connectivity index is 1.69. The highest BCUT2D eigenvalue weighted by atomic mass is 16.5. The summed E-state index contributed by atoms with van der Waals surface area (Å²) in [4.78, 5) is 2.60. The number of ether oxygens (including phenoxy) is 1. The van der Waals surface area contributed by atoms with E-state index in [1.54, 1.807) is 7.11 Å². The van der Waals surface area contributed by atoms with E-state index < -0.39 is 0 Å². The summed E-state index contributed by atoms with van der Waals surface area (Å²) in [6, 6.07) is 22.2. The predicted octanol–water partition coefficient (Wildman–Crippen LogP) is 4.80. The molecule has 0 spiro atoms. The number of aryl methyl sites for hydroxylation is 2. The third-order valence-corrected chi connectivity index (χ3v) is 5.29. The largest absolute Gasteiger partial charge is 0.497 e. The number of hydrogen-bond acceptors (Lipinski definition) is 2. The maximum Gasteiger partial charge on any atom is 0.118 e. The summed E-state index contributed by atoms with van der Waals surface area (Å²) < 4.78 is 7.72. The summed E-state index contributed by atoms with van der Waals surface area (Å²) in [5.74, 6) is 0.911. The summed E-state index contributed by atoms with van der Waals surface area (Å²) in [5.41, 5.74) is 5.38. The lowest BCUT2D eigenvalue weighted by molar-refractivity contribution is 0.220. The van der Waals surface area contributed by atoms with E-state index in [4.69, 9.17) is 4.74 Å². The van der Waals surface area contributed by atoms with Crippen LogP contribution in [0.4, 0.5) is 0 Å². The summed E-state index contributed by atoms with van der Waals surface area (Å²) in [6.07, 6.45) is 3.38. The van der Waals surface area contributed by atoms with Crippen molar-refractivity contribution in [2.45, 2.75) is 32.5 Å². The van der Waals surface area contributed by atoms with E-state index in [9.17, 15) is 0 Å². The molecular weight excluding hydrogens is 320 g/mol. The van der Waals surface area contributed by atoms with E-state index in [1.807, 2.05) is 0 Å². The highest BCUT2D eigenvalue weighted by Crippen LogP contribution is 2.33. The molecular formula is C23H26N2O. The van der Waals surface area contributed by atoms with Crippen LogP contribution in [0.15, 0.2) is 66.9 Å². The molecule has 0 amide bonds. The standard InChI is InChI=1S/C23H26N2O/c1-18-6-10-20(11-7-18)23-22-5-3-14-24(22)15-4-16-25(23)17-19-8-12-21(26-2)13-9-19/h3,5-14,23H,4,15-17H2,1-2H3/t23-/m0/s1. The van der Waals surface area contributed by atoms with Crippen LogP contribution < -0.4 is 4.74 Å². The zero-order valence-corrected chi connectivity index (χ0v) is 15.6. The minimum absolute atomic E-state index is 0.287. The van der Waals surface area contributed by atoms with Gasteiger partial charge in [0, 0.05) is 31.5 Å². The van der Waals surface area contributed by atoms with Crippen LogP contribution in [0.2, 0.25) is 0 Å². The van der Waals surface area contributed by atoms with Crippen LogP contribution in [-0.2, 0) is 13.1 Å². The molecule has 4 rings (SSSR count). The Labute approximate surface area is 155 Å². The van der Waals surface area contributed by atoms with Crippen LogP contribution in [0, 0.1) is 6.92 Å². The third kappa shape index (κ3) is 3.40. The monoisotopic (exact) mass is 346 g/mol. The van der Waals surface area contributed by atoms with Gasteiger partial charge in [-0.1, -0.05) is 42.0 Å². The van der Waals surface area contributed by atoms with Crippen LogP contribution in [0.1, 0.15) is 34.8 Å². The second kappa shape index (κ2) is 7.38. The van der Waals surface area contributed by atoms with E-state index in [0.717, 1.165) is 25.4 Å². The highest BCUT2D eigenvalue weighted by Gasteiger charge is 2.27.